The number of hydrogen-bond acceptors (Lipinski definition) is 6. The van der Waals surface area contributed by atoms with E-state index in [9.17, 15) is 4.79 Å². The SMILES string of the molecule is O=C(Nc1ccc(C2=NCCCN2)cc1)Nc1cccc(NC(=S)Nc2ccc(C3=NCCCN3)cc2)c1. The minimum atomic E-state index is -0.333. The molecule has 0 bridgehead atoms. The highest BCUT2D eigenvalue weighted by Crippen LogP contribution is 2.18. The molecule has 0 spiro atoms. The summed E-state index contributed by atoms with van der Waals surface area (Å²) in [6, 6.07) is 22.6. The molecule has 0 unspecified atom stereocenters. The van der Waals surface area contributed by atoms with Gasteiger partial charge in [0.05, 0.1) is 0 Å². The molecular formula is C28H30N8OS. The summed E-state index contributed by atoms with van der Waals surface area (Å²) in [7, 11) is 0. The topological polar surface area (TPSA) is 114 Å². The van der Waals surface area contributed by atoms with Crippen molar-refractivity contribution in [3.63, 3.8) is 0 Å². The van der Waals surface area contributed by atoms with Crippen LogP contribution in [0.25, 0.3) is 0 Å². The van der Waals surface area contributed by atoms with Crippen molar-refractivity contribution in [1.82, 2.24) is 10.6 Å². The van der Waals surface area contributed by atoms with E-state index in [1.807, 2.05) is 72.8 Å². The van der Waals surface area contributed by atoms with Gasteiger partial charge >= 0.3 is 6.03 Å². The van der Waals surface area contributed by atoms with Crippen molar-refractivity contribution in [2.24, 2.45) is 9.98 Å². The van der Waals surface area contributed by atoms with E-state index in [1.165, 1.54) is 0 Å². The van der Waals surface area contributed by atoms with Gasteiger partial charge in [-0.3, -0.25) is 9.98 Å². The molecule has 0 saturated heterocycles. The van der Waals surface area contributed by atoms with E-state index in [4.69, 9.17) is 12.2 Å². The lowest BCUT2D eigenvalue weighted by molar-refractivity contribution is 0.262. The van der Waals surface area contributed by atoms with Crippen molar-refractivity contribution in [2.75, 3.05) is 47.4 Å². The fraction of sp³-hybridized carbons (Fsp3) is 0.214. The van der Waals surface area contributed by atoms with E-state index < -0.39 is 0 Å². The highest BCUT2D eigenvalue weighted by atomic mass is 32.1. The van der Waals surface area contributed by atoms with Crippen molar-refractivity contribution in [3.8, 4) is 0 Å². The number of urea groups is 1. The predicted molar refractivity (Wildman–Crippen MR) is 160 cm³/mol. The van der Waals surface area contributed by atoms with Crippen molar-refractivity contribution in [3.05, 3.63) is 83.9 Å². The van der Waals surface area contributed by atoms with Crippen LogP contribution >= 0.6 is 12.2 Å². The summed E-state index contributed by atoms with van der Waals surface area (Å²) in [5.74, 6) is 1.83. The highest BCUT2D eigenvalue weighted by molar-refractivity contribution is 7.80. The molecule has 194 valence electrons. The Hall–Kier alpha value is -4.44. The number of amides is 2. The third-order valence-corrected chi connectivity index (χ3v) is 6.21. The number of nitrogens with one attached hydrogen (secondary N) is 6. The lowest BCUT2D eigenvalue weighted by Gasteiger charge is -2.16. The number of benzene rings is 3. The monoisotopic (exact) mass is 526 g/mol. The summed E-state index contributed by atoms with van der Waals surface area (Å²) >= 11 is 5.48. The number of nitrogens with zero attached hydrogens (tertiary/aromatic N) is 2. The zero-order chi connectivity index (χ0) is 26.2. The minimum absolute atomic E-state index is 0.333. The molecule has 6 N–H and O–H groups in total. The molecule has 0 aromatic heterocycles. The van der Waals surface area contributed by atoms with E-state index in [-0.39, 0.29) is 6.03 Å². The Morgan fingerprint density at radius 2 is 1.13 bits per heavy atom. The smallest absolute Gasteiger partial charge is 0.323 e. The fourth-order valence-corrected chi connectivity index (χ4v) is 4.37. The number of carbonyl (C=O) groups is 1. The molecule has 5 rings (SSSR count). The first kappa shape index (κ1) is 25.2. The maximum Gasteiger partial charge on any atom is 0.323 e. The highest BCUT2D eigenvalue weighted by Gasteiger charge is 2.09. The van der Waals surface area contributed by atoms with Gasteiger partial charge in [0.2, 0.25) is 0 Å². The van der Waals surface area contributed by atoms with Gasteiger partial charge in [0.25, 0.3) is 0 Å². The number of aliphatic imine (C=N–C) groups is 2. The van der Waals surface area contributed by atoms with E-state index in [0.29, 0.717) is 16.5 Å². The summed E-state index contributed by atoms with van der Waals surface area (Å²) in [5.41, 5.74) is 5.01. The zero-order valence-electron chi connectivity index (χ0n) is 20.9. The molecule has 0 aliphatic carbocycles. The number of hydrogen-bond donors (Lipinski definition) is 6. The first-order chi connectivity index (χ1) is 18.6. The summed E-state index contributed by atoms with van der Waals surface area (Å²) in [5, 5.41) is 19.1. The molecule has 0 fully saturated rings. The first-order valence-electron chi connectivity index (χ1n) is 12.7. The second-order valence-corrected chi connectivity index (χ2v) is 9.32. The van der Waals surface area contributed by atoms with E-state index in [0.717, 1.165) is 73.2 Å². The van der Waals surface area contributed by atoms with Gasteiger partial charge in [-0.2, -0.15) is 0 Å². The van der Waals surface area contributed by atoms with Crippen LogP contribution < -0.4 is 31.9 Å². The van der Waals surface area contributed by atoms with Gasteiger partial charge in [-0.1, -0.05) is 6.07 Å². The Morgan fingerprint density at radius 1 is 0.658 bits per heavy atom. The Labute approximate surface area is 227 Å². The second-order valence-electron chi connectivity index (χ2n) is 8.92. The molecule has 0 radical (unpaired) electrons. The average molecular weight is 527 g/mol. The van der Waals surface area contributed by atoms with Crippen LogP contribution in [0.4, 0.5) is 27.5 Å². The predicted octanol–water partition coefficient (Wildman–Crippen LogP) is 4.62. The first-order valence-corrected chi connectivity index (χ1v) is 13.1. The second kappa shape index (κ2) is 12.2. The number of anilines is 4. The van der Waals surface area contributed by atoms with Crippen molar-refractivity contribution in [1.29, 1.82) is 0 Å². The molecule has 0 saturated carbocycles. The normalized spacial score (nSPS) is 14.6. The van der Waals surface area contributed by atoms with Crippen LogP contribution in [-0.2, 0) is 0 Å². The van der Waals surface area contributed by atoms with Crippen molar-refractivity contribution in [2.45, 2.75) is 12.8 Å². The number of amidine groups is 2. The van der Waals surface area contributed by atoms with Crippen LogP contribution in [0.3, 0.4) is 0 Å². The third kappa shape index (κ3) is 6.86. The minimum Gasteiger partial charge on any atom is -0.370 e. The van der Waals surface area contributed by atoms with Gasteiger partial charge in [0, 0.05) is 60.1 Å². The molecule has 10 heteroatoms. The number of rotatable bonds is 6. The molecule has 9 nitrogen and oxygen atoms in total. The standard InChI is InChI=1S/C28H30N8OS/c37-27(33-21-10-6-19(7-11-21)25-29-14-2-15-30-25)34-23-4-1-5-24(18-23)36-28(38)35-22-12-8-20(9-13-22)26-31-16-3-17-32-26/h1,4-13,18H,2-3,14-17H2,(H,29,30)(H,31,32)(H2,33,34,37)(H2,35,36,38). The lowest BCUT2D eigenvalue weighted by atomic mass is 10.1. The molecule has 38 heavy (non-hydrogen) atoms. The Kier molecular flexibility index (Phi) is 8.10. The summed E-state index contributed by atoms with van der Waals surface area (Å²) in [6.07, 6.45) is 2.11. The van der Waals surface area contributed by atoms with Crippen LogP contribution in [0.5, 0.6) is 0 Å². The fourth-order valence-electron chi connectivity index (χ4n) is 4.14. The van der Waals surface area contributed by atoms with Crippen LogP contribution in [0.15, 0.2) is 82.8 Å². The summed E-state index contributed by atoms with van der Waals surface area (Å²) in [6.45, 7) is 3.57. The Bertz CT molecular complexity index is 1250. The molecule has 2 amide bonds. The van der Waals surface area contributed by atoms with Crippen LogP contribution in [0.2, 0.25) is 0 Å². The molecule has 2 aliphatic heterocycles. The zero-order valence-corrected chi connectivity index (χ0v) is 21.7. The lowest BCUT2D eigenvalue weighted by Crippen LogP contribution is -2.30. The largest absolute Gasteiger partial charge is 0.370 e. The van der Waals surface area contributed by atoms with Crippen molar-refractivity contribution < 1.29 is 4.79 Å². The molecule has 3 aromatic carbocycles. The van der Waals surface area contributed by atoms with Crippen molar-refractivity contribution >= 4 is 57.8 Å². The van der Waals surface area contributed by atoms with Gasteiger partial charge in [-0.25, -0.2) is 4.79 Å². The molecule has 2 aliphatic rings. The van der Waals surface area contributed by atoms with Crippen LogP contribution in [-0.4, -0.2) is 49.0 Å². The molecule has 2 heterocycles. The average Bonchev–Trinajstić information content (AvgIpc) is 2.95. The number of thiocarbonyl (C=S) groups is 1. The molecule has 3 aromatic rings. The Balaban J connectivity index is 1.12. The quantitative estimate of drug-likeness (QED) is 0.261. The maximum atomic E-state index is 12.6. The molecule has 0 atom stereocenters. The number of carbonyl (C=O) groups excluding carboxylic acids is 1. The van der Waals surface area contributed by atoms with Gasteiger partial charge in [0.1, 0.15) is 11.7 Å². The molecular weight excluding hydrogens is 496 g/mol. The van der Waals surface area contributed by atoms with Crippen LogP contribution in [0, 0.1) is 0 Å². The summed E-state index contributed by atoms with van der Waals surface area (Å²) < 4.78 is 0. The van der Waals surface area contributed by atoms with E-state index >= 15 is 0 Å². The summed E-state index contributed by atoms with van der Waals surface area (Å²) in [4.78, 5) is 21.6. The van der Waals surface area contributed by atoms with E-state index in [1.54, 1.807) is 0 Å². The van der Waals surface area contributed by atoms with Gasteiger partial charge in [-0.15, -0.1) is 0 Å². The van der Waals surface area contributed by atoms with Crippen LogP contribution in [0.1, 0.15) is 24.0 Å². The maximum absolute atomic E-state index is 12.6. The Morgan fingerprint density at radius 3 is 1.66 bits per heavy atom. The van der Waals surface area contributed by atoms with Gasteiger partial charge in [-0.05, 0) is 91.8 Å². The van der Waals surface area contributed by atoms with Gasteiger partial charge in [0.15, 0.2) is 5.11 Å². The van der Waals surface area contributed by atoms with Gasteiger partial charge < -0.3 is 31.9 Å². The third-order valence-electron chi connectivity index (χ3n) is 6.01. The van der Waals surface area contributed by atoms with E-state index in [2.05, 4.69) is 41.9 Å².